The first-order valence-electron chi connectivity index (χ1n) is 15.9. The number of aromatic nitrogens is 4. The third-order valence-corrected chi connectivity index (χ3v) is 8.32. The zero-order valence-corrected chi connectivity index (χ0v) is 26.3. The third kappa shape index (κ3) is 6.28. The maximum atomic E-state index is 9.25. The van der Waals surface area contributed by atoms with Crippen molar-refractivity contribution in [3.63, 3.8) is 0 Å². The Morgan fingerprint density at radius 2 is 1.08 bits per heavy atom. The van der Waals surface area contributed by atoms with Gasteiger partial charge in [-0.2, -0.15) is 5.10 Å². The van der Waals surface area contributed by atoms with Gasteiger partial charge >= 0.3 is 0 Å². The smallest absolute Gasteiger partial charge is 0.110 e. The lowest BCUT2D eigenvalue weighted by atomic mass is 9.91. The first-order chi connectivity index (χ1) is 24.2. The van der Waals surface area contributed by atoms with Gasteiger partial charge < -0.3 is 0 Å². The maximum Gasteiger partial charge on any atom is 0.110 e. The lowest BCUT2D eigenvalue weighted by Crippen LogP contribution is -2.19. The van der Waals surface area contributed by atoms with Gasteiger partial charge in [0.1, 0.15) is 5.71 Å². The SMILES string of the molecule is N=C1C(c2cccc(-c3ccccn3)n2)=CC(c2cccc(-c3ccccn3)n2)=CC1=NNc1ccc(-c2ccc3ccccc3c2)cc1. The lowest BCUT2D eigenvalue weighted by molar-refractivity contribution is 1.22. The van der Waals surface area contributed by atoms with Crippen molar-refractivity contribution in [3.8, 4) is 33.9 Å². The monoisotopic (exact) mass is 631 g/mol. The number of rotatable bonds is 7. The lowest BCUT2D eigenvalue weighted by Gasteiger charge is -2.18. The van der Waals surface area contributed by atoms with E-state index in [0.29, 0.717) is 17.0 Å². The Kier molecular flexibility index (Phi) is 7.89. The Bertz CT molecular complexity index is 2410. The summed E-state index contributed by atoms with van der Waals surface area (Å²) in [5.74, 6) is 0. The van der Waals surface area contributed by atoms with E-state index in [4.69, 9.17) is 15.1 Å². The Morgan fingerprint density at radius 1 is 0.490 bits per heavy atom. The zero-order valence-electron chi connectivity index (χ0n) is 26.3. The summed E-state index contributed by atoms with van der Waals surface area (Å²) in [4.78, 5) is 18.8. The molecule has 0 atom stereocenters. The van der Waals surface area contributed by atoms with Crippen LogP contribution in [0.4, 0.5) is 5.69 Å². The molecule has 0 saturated heterocycles. The van der Waals surface area contributed by atoms with Crippen LogP contribution in [0.15, 0.2) is 169 Å². The van der Waals surface area contributed by atoms with Gasteiger partial charge in [-0.25, -0.2) is 9.97 Å². The molecule has 8 rings (SSSR count). The number of nitrogens with one attached hydrogen (secondary N) is 2. The molecule has 0 aliphatic heterocycles. The number of anilines is 1. The number of pyridine rings is 4. The fourth-order valence-electron chi connectivity index (χ4n) is 5.79. The molecule has 4 aromatic heterocycles. The van der Waals surface area contributed by atoms with Crippen LogP contribution in [-0.4, -0.2) is 31.4 Å². The largest absolute Gasteiger partial charge is 0.298 e. The molecule has 2 N–H and O–H groups in total. The molecule has 0 unspecified atom stereocenters. The van der Waals surface area contributed by atoms with Crippen LogP contribution in [0.1, 0.15) is 11.4 Å². The highest BCUT2D eigenvalue weighted by molar-refractivity contribution is 6.62. The second kappa shape index (κ2) is 13.1. The number of fused-ring (bicyclic) bond motifs is 1. The van der Waals surface area contributed by atoms with E-state index in [-0.39, 0.29) is 5.71 Å². The minimum Gasteiger partial charge on any atom is -0.298 e. The summed E-state index contributed by atoms with van der Waals surface area (Å²) in [6, 6.07) is 46.1. The number of benzene rings is 3. The molecule has 7 aromatic rings. The standard InChI is InChI=1S/C42H29N7/c43-42-34(36-14-8-16-40(47-36)38-12-4-6-24-45-38)26-32(35-13-7-15-39(46-35)37-11-3-5-23-44-37)27-41(42)49-48-33-21-19-29(20-22-33)31-18-17-28-9-1-2-10-30(28)25-31/h1-27,43,48H. The van der Waals surface area contributed by atoms with Crippen LogP contribution in [0.5, 0.6) is 0 Å². The van der Waals surface area contributed by atoms with Crippen molar-refractivity contribution in [2.24, 2.45) is 5.10 Å². The van der Waals surface area contributed by atoms with Gasteiger partial charge in [0, 0.05) is 23.5 Å². The molecule has 0 spiro atoms. The molecule has 0 saturated carbocycles. The van der Waals surface area contributed by atoms with Crippen molar-refractivity contribution < 1.29 is 0 Å². The van der Waals surface area contributed by atoms with Gasteiger partial charge in [0.15, 0.2) is 0 Å². The van der Waals surface area contributed by atoms with Gasteiger partial charge in [-0.3, -0.25) is 20.8 Å². The molecule has 232 valence electrons. The molecule has 4 heterocycles. The summed E-state index contributed by atoms with van der Waals surface area (Å²) >= 11 is 0. The summed E-state index contributed by atoms with van der Waals surface area (Å²) in [5.41, 5.74) is 12.8. The topological polar surface area (TPSA) is 99.8 Å². The van der Waals surface area contributed by atoms with Crippen molar-refractivity contribution in [1.29, 1.82) is 5.41 Å². The van der Waals surface area contributed by atoms with Crippen molar-refractivity contribution in [2.45, 2.75) is 0 Å². The van der Waals surface area contributed by atoms with Gasteiger partial charge in [0.05, 0.1) is 45.6 Å². The van der Waals surface area contributed by atoms with E-state index in [1.54, 1.807) is 12.4 Å². The van der Waals surface area contributed by atoms with E-state index in [1.165, 1.54) is 10.8 Å². The van der Waals surface area contributed by atoms with Crippen LogP contribution in [0.3, 0.4) is 0 Å². The van der Waals surface area contributed by atoms with Gasteiger partial charge in [0.25, 0.3) is 0 Å². The molecule has 3 aromatic carbocycles. The van der Waals surface area contributed by atoms with Crippen LogP contribution in [0.2, 0.25) is 0 Å². The molecule has 1 aliphatic carbocycles. The van der Waals surface area contributed by atoms with Crippen LogP contribution in [0, 0.1) is 5.41 Å². The molecule has 0 amide bonds. The summed E-state index contributed by atoms with van der Waals surface area (Å²) in [6.45, 7) is 0. The Labute approximate surface area is 283 Å². The van der Waals surface area contributed by atoms with Crippen molar-refractivity contribution in [2.75, 3.05) is 5.43 Å². The number of hydrogen-bond acceptors (Lipinski definition) is 7. The minimum absolute atomic E-state index is 0.246. The normalized spacial score (nSPS) is 13.6. The molecule has 7 heteroatoms. The van der Waals surface area contributed by atoms with Crippen molar-refractivity contribution in [1.82, 2.24) is 19.9 Å². The third-order valence-electron chi connectivity index (χ3n) is 8.32. The molecular formula is C42H29N7. The maximum absolute atomic E-state index is 9.25. The van der Waals surface area contributed by atoms with Crippen LogP contribution >= 0.6 is 0 Å². The predicted molar refractivity (Wildman–Crippen MR) is 199 cm³/mol. The Hall–Kier alpha value is -6.86. The number of allylic oxidation sites excluding steroid dienone is 4. The van der Waals surface area contributed by atoms with Gasteiger partial charge in [-0.1, -0.05) is 72.8 Å². The highest BCUT2D eigenvalue weighted by atomic mass is 15.3. The quantitative estimate of drug-likeness (QED) is 0.135. The predicted octanol–water partition coefficient (Wildman–Crippen LogP) is 9.39. The Balaban J connectivity index is 1.14. The molecule has 0 radical (unpaired) electrons. The second-order valence-electron chi connectivity index (χ2n) is 11.5. The number of nitrogens with zero attached hydrogens (tertiary/aromatic N) is 5. The van der Waals surface area contributed by atoms with Crippen molar-refractivity contribution >= 4 is 39.0 Å². The molecule has 7 nitrogen and oxygen atoms in total. The van der Waals surface area contributed by atoms with Crippen LogP contribution in [-0.2, 0) is 0 Å². The van der Waals surface area contributed by atoms with E-state index < -0.39 is 0 Å². The van der Waals surface area contributed by atoms with Crippen LogP contribution in [0.25, 0.3) is 55.8 Å². The fourth-order valence-corrected chi connectivity index (χ4v) is 5.79. The zero-order chi connectivity index (χ0) is 33.0. The molecule has 1 aliphatic rings. The van der Waals surface area contributed by atoms with E-state index in [2.05, 4.69) is 70.0 Å². The highest BCUT2D eigenvalue weighted by Crippen LogP contribution is 2.30. The van der Waals surface area contributed by atoms with E-state index >= 15 is 0 Å². The van der Waals surface area contributed by atoms with Crippen molar-refractivity contribution in [3.05, 3.63) is 175 Å². The van der Waals surface area contributed by atoms with Gasteiger partial charge in [-0.05, 0) is 101 Å². The summed E-state index contributed by atoms with van der Waals surface area (Å²) in [6.07, 6.45) is 7.34. The first kappa shape index (κ1) is 29.5. The summed E-state index contributed by atoms with van der Waals surface area (Å²) in [7, 11) is 0. The molecule has 0 fully saturated rings. The highest BCUT2D eigenvalue weighted by Gasteiger charge is 2.22. The van der Waals surface area contributed by atoms with Gasteiger partial charge in [0.2, 0.25) is 0 Å². The molecule has 0 bridgehead atoms. The second-order valence-corrected chi connectivity index (χ2v) is 11.5. The number of hydrazone groups is 1. The average molecular weight is 632 g/mol. The number of hydrogen-bond donors (Lipinski definition) is 2. The molecular weight excluding hydrogens is 603 g/mol. The average Bonchev–Trinajstić information content (AvgIpc) is 3.18. The molecule has 49 heavy (non-hydrogen) atoms. The van der Waals surface area contributed by atoms with E-state index in [0.717, 1.165) is 50.9 Å². The van der Waals surface area contributed by atoms with Crippen LogP contribution < -0.4 is 5.43 Å². The summed E-state index contributed by atoms with van der Waals surface area (Å²) < 4.78 is 0. The summed E-state index contributed by atoms with van der Waals surface area (Å²) in [5, 5.41) is 16.4. The van der Waals surface area contributed by atoms with E-state index in [9.17, 15) is 5.41 Å². The fraction of sp³-hybridized carbons (Fsp3) is 0. The first-order valence-corrected chi connectivity index (χ1v) is 15.9. The minimum atomic E-state index is 0.246. The van der Waals surface area contributed by atoms with E-state index in [1.807, 2.05) is 97.1 Å². The van der Waals surface area contributed by atoms with Gasteiger partial charge in [-0.15, -0.1) is 0 Å². The Morgan fingerprint density at radius 3 is 1.78 bits per heavy atom.